The van der Waals surface area contributed by atoms with Crippen molar-refractivity contribution >= 4 is 44.3 Å². The van der Waals surface area contributed by atoms with E-state index < -0.39 is 0 Å². The van der Waals surface area contributed by atoms with Crippen molar-refractivity contribution in [2.45, 2.75) is 25.1 Å². The highest BCUT2D eigenvalue weighted by molar-refractivity contribution is 14.1. The molecule has 1 nitrogen and oxygen atoms in total. The summed E-state index contributed by atoms with van der Waals surface area (Å²) in [7, 11) is 0. The van der Waals surface area contributed by atoms with Crippen molar-refractivity contribution in [2.75, 3.05) is 0 Å². The Morgan fingerprint density at radius 2 is 2.21 bits per heavy atom. The molecular weight excluding hydrogens is 355 g/mol. The molecule has 76 valence electrons. The average molecular weight is 367 g/mol. The van der Waals surface area contributed by atoms with Crippen LogP contribution in [-0.4, -0.2) is 10.6 Å². The van der Waals surface area contributed by atoms with Crippen LogP contribution in [0, 0.1) is 3.57 Å². The van der Waals surface area contributed by atoms with Gasteiger partial charge in [0.1, 0.15) is 0 Å². The fourth-order valence-corrected chi connectivity index (χ4v) is 2.28. The molecule has 0 N–H and O–H groups in total. The van der Waals surface area contributed by atoms with E-state index in [2.05, 4.69) is 51.5 Å². The van der Waals surface area contributed by atoms with Crippen LogP contribution < -0.4 is 0 Å². The Morgan fingerprint density at radius 1 is 1.57 bits per heavy atom. The fraction of sp³-hybridized carbons (Fsp3) is 0.364. The Kier molecular flexibility index (Phi) is 4.57. The number of hydrogen-bond acceptors (Lipinski definition) is 1. The van der Waals surface area contributed by atoms with Gasteiger partial charge in [0.2, 0.25) is 0 Å². The first kappa shape index (κ1) is 12.2. The number of benzene rings is 1. The number of carbonyl (C=O) groups is 1. The molecule has 0 radical (unpaired) electrons. The minimum Gasteiger partial charge on any atom is -0.293 e. The molecule has 1 rings (SSSR count). The lowest BCUT2D eigenvalue weighted by molar-refractivity contribution is 0.0995. The van der Waals surface area contributed by atoms with Crippen LogP contribution in [0.25, 0.3) is 0 Å². The molecule has 0 spiro atoms. The average Bonchev–Trinajstić information content (AvgIpc) is 2.16. The normalized spacial score (nSPS) is 12.6. The van der Waals surface area contributed by atoms with Crippen molar-refractivity contribution in [1.82, 2.24) is 0 Å². The Hall–Kier alpha value is 0.1000. The van der Waals surface area contributed by atoms with Crippen LogP contribution in [0.4, 0.5) is 0 Å². The fourth-order valence-electron chi connectivity index (χ4n) is 1.19. The van der Waals surface area contributed by atoms with E-state index in [0.717, 1.165) is 15.6 Å². The van der Waals surface area contributed by atoms with Crippen molar-refractivity contribution < 1.29 is 4.79 Å². The molecule has 0 saturated heterocycles. The summed E-state index contributed by atoms with van der Waals surface area (Å²) in [6.45, 7) is 3.96. The van der Waals surface area contributed by atoms with Crippen LogP contribution in [-0.2, 0) is 6.42 Å². The van der Waals surface area contributed by atoms with Crippen molar-refractivity contribution in [3.8, 4) is 0 Å². The van der Waals surface area contributed by atoms with E-state index in [9.17, 15) is 4.79 Å². The maximum absolute atomic E-state index is 11.7. The number of ketones is 1. The molecule has 1 aromatic rings. The molecule has 0 aliphatic rings. The second-order valence-electron chi connectivity index (χ2n) is 3.15. The highest BCUT2D eigenvalue weighted by Crippen LogP contribution is 2.18. The number of carbonyl (C=O) groups excluding carboxylic acids is 1. The van der Waals surface area contributed by atoms with Crippen molar-refractivity contribution in [1.29, 1.82) is 0 Å². The van der Waals surface area contributed by atoms with E-state index in [-0.39, 0.29) is 10.6 Å². The molecule has 0 aliphatic carbocycles. The maximum Gasteiger partial charge on any atom is 0.177 e. The lowest BCUT2D eigenvalue weighted by Crippen LogP contribution is -2.11. The summed E-state index contributed by atoms with van der Waals surface area (Å²) in [5, 5.41) is 0. The number of aryl methyl sites for hydroxylation is 1. The van der Waals surface area contributed by atoms with Crippen LogP contribution in [0.3, 0.4) is 0 Å². The molecule has 0 saturated carbocycles. The first-order valence-corrected chi connectivity index (χ1v) is 6.52. The van der Waals surface area contributed by atoms with Gasteiger partial charge in [0.25, 0.3) is 0 Å². The summed E-state index contributed by atoms with van der Waals surface area (Å²) >= 11 is 5.51. The van der Waals surface area contributed by atoms with Gasteiger partial charge >= 0.3 is 0 Å². The predicted molar refractivity (Wildman–Crippen MR) is 71.3 cm³/mol. The van der Waals surface area contributed by atoms with Gasteiger partial charge in [-0.25, -0.2) is 0 Å². The maximum atomic E-state index is 11.7. The zero-order valence-electron chi connectivity index (χ0n) is 8.18. The molecule has 14 heavy (non-hydrogen) atoms. The van der Waals surface area contributed by atoms with Crippen LogP contribution in [0.2, 0.25) is 0 Å². The monoisotopic (exact) mass is 366 g/mol. The molecule has 1 atom stereocenters. The summed E-state index contributed by atoms with van der Waals surface area (Å²) in [6, 6.07) is 6.01. The van der Waals surface area contributed by atoms with Gasteiger partial charge in [-0.05, 0) is 47.6 Å². The highest BCUT2D eigenvalue weighted by Gasteiger charge is 2.14. The van der Waals surface area contributed by atoms with Gasteiger partial charge in [-0.2, -0.15) is 0 Å². The topological polar surface area (TPSA) is 17.1 Å². The van der Waals surface area contributed by atoms with Gasteiger partial charge in [-0.3, -0.25) is 4.79 Å². The third-order valence-corrected chi connectivity index (χ3v) is 3.38. The first-order valence-electron chi connectivity index (χ1n) is 4.53. The molecular formula is C11H12BrIO. The molecule has 0 aromatic heterocycles. The Morgan fingerprint density at radius 3 is 2.64 bits per heavy atom. The summed E-state index contributed by atoms with van der Waals surface area (Å²) in [5.41, 5.74) is 2.08. The van der Waals surface area contributed by atoms with Gasteiger partial charge in [-0.1, -0.05) is 35.0 Å². The predicted octanol–water partition coefficient (Wildman–Crippen LogP) is 3.82. The van der Waals surface area contributed by atoms with Crippen molar-refractivity contribution in [3.05, 3.63) is 32.9 Å². The molecule has 0 heterocycles. The number of alkyl halides is 1. The molecule has 0 aliphatic heterocycles. The molecule has 3 heteroatoms. The zero-order chi connectivity index (χ0) is 10.7. The third kappa shape index (κ3) is 2.79. The van der Waals surface area contributed by atoms with Crippen LogP contribution in [0.15, 0.2) is 18.2 Å². The minimum absolute atomic E-state index is 0.108. The second-order valence-corrected chi connectivity index (χ2v) is 5.68. The number of rotatable bonds is 3. The first-order chi connectivity index (χ1) is 6.56. The molecule has 0 amide bonds. The van der Waals surface area contributed by atoms with Gasteiger partial charge < -0.3 is 0 Å². The standard InChI is InChI=1S/C11H12BrIO/c1-3-8-4-5-9(10(13)6-8)11(14)7(2)12/h4-7H,3H2,1-2H3. The molecule has 1 unspecified atom stereocenters. The number of Topliss-reactive ketones (excluding diaryl/α,β-unsaturated/α-hetero) is 1. The lowest BCUT2D eigenvalue weighted by atomic mass is 10.1. The minimum atomic E-state index is -0.108. The Balaban J connectivity index is 3.06. The summed E-state index contributed by atoms with van der Waals surface area (Å²) in [4.78, 5) is 11.6. The number of hydrogen-bond donors (Lipinski definition) is 0. The van der Waals surface area contributed by atoms with E-state index in [1.54, 1.807) is 0 Å². The van der Waals surface area contributed by atoms with Crippen molar-refractivity contribution in [3.63, 3.8) is 0 Å². The Bertz CT molecular complexity index is 347. The summed E-state index contributed by atoms with van der Waals surface area (Å²) < 4.78 is 1.04. The Labute approximate surface area is 107 Å². The highest BCUT2D eigenvalue weighted by atomic mass is 127. The van der Waals surface area contributed by atoms with Gasteiger partial charge in [0, 0.05) is 9.13 Å². The second kappa shape index (κ2) is 5.26. The zero-order valence-corrected chi connectivity index (χ0v) is 11.9. The lowest BCUT2D eigenvalue weighted by Gasteiger charge is -2.06. The van der Waals surface area contributed by atoms with Crippen LogP contribution in [0.5, 0.6) is 0 Å². The molecule has 0 fully saturated rings. The van der Waals surface area contributed by atoms with Crippen LogP contribution in [0.1, 0.15) is 29.8 Å². The molecule has 0 bridgehead atoms. The largest absolute Gasteiger partial charge is 0.293 e. The summed E-state index contributed by atoms with van der Waals surface area (Å²) in [5.74, 6) is 0.150. The number of halogens is 2. The van der Waals surface area contributed by atoms with E-state index in [1.807, 2.05) is 19.1 Å². The van der Waals surface area contributed by atoms with Crippen LogP contribution >= 0.6 is 38.5 Å². The quantitative estimate of drug-likeness (QED) is 0.451. The SMILES string of the molecule is CCc1ccc(C(=O)C(C)Br)c(I)c1. The van der Waals surface area contributed by atoms with E-state index in [1.165, 1.54) is 5.56 Å². The van der Waals surface area contributed by atoms with E-state index in [4.69, 9.17) is 0 Å². The van der Waals surface area contributed by atoms with Gasteiger partial charge in [0.15, 0.2) is 5.78 Å². The third-order valence-electron chi connectivity index (χ3n) is 2.07. The van der Waals surface area contributed by atoms with E-state index >= 15 is 0 Å². The van der Waals surface area contributed by atoms with Crippen molar-refractivity contribution in [2.24, 2.45) is 0 Å². The summed E-state index contributed by atoms with van der Waals surface area (Å²) in [6.07, 6.45) is 1.01. The van der Waals surface area contributed by atoms with Gasteiger partial charge in [-0.15, -0.1) is 0 Å². The van der Waals surface area contributed by atoms with Gasteiger partial charge in [0.05, 0.1) is 4.83 Å². The smallest absolute Gasteiger partial charge is 0.177 e. The molecule has 1 aromatic carbocycles. The van der Waals surface area contributed by atoms with E-state index in [0.29, 0.717) is 0 Å².